The van der Waals surface area contributed by atoms with Gasteiger partial charge in [0.1, 0.15) is 6.33 Å². The van der Waals surface area contributed by atoms with Gasteiger partial charge in [0.2, 0.25) is 0 Å². The van der Waals surface area contributed by atoms with Crippen LogP contribution in [0.4, 0.5) is 0 Å². The molecule has 1 N–H and O–H groups in total. The zero-order valence-corrected chi connectivity index (χ0v) is 8.38. The van der Waals surface area contributed by atoms with Crippen molar-refractivity contribution in [3.63, 3.8) is 0 Å². The Labute approximate surface area is 89.1 Å². The smallest absolute Gasteiger partial charge is 0.248 e. The molecule has 2 rings (SSSR count). The maximum Gasteiger partial charge on any atom is 0.347 e. The van der Waals surface area contributed by atoms with E-state index in [0.29, 0.717) is 15.7 Å². The van der Waals surface area contributed by atoms with Crippen molar-refractivity contribution in [3.05, 3.63) is 45.1 Å². The number of nitrogens with zero attached hydrogens (tertiary/aromatic N) is 2. The second-order valence-corrected chi connectivity index (χ2v) is 3.39. The summed E-state index contributed by atoms with van der Waals surface area (Å²) in [6, 6.07) is 5.05. The molecule has 0 aliphatic heterocycles. The molecule has 2 aromatic rings. The molecule has 1 aromatic heterocycles. The molecule has 72 valence electrons. The number of aromatic nitrogens is 3. The van der Waals surface area contributed by atoms with E-state index in [1.807, 2.05) is 0 Å². The number of hydrogen-bond donors (Lipinski definition) is 1. The van der Waals surface area contributed by atoms with E-state index >= 15 is 0 Å². The van der Waals surface area contributed by atoms with Crippen molar-refractivity contribution in [2.24, 2.45) is 0 Å². The Morgan fingerprint density at radius 2 is 2.14 bits per heavy atom. The summed E-state index contributed by atoms with van der Waals surface area (Å²) in [6.07, 6.45) is 1.35. The Kier molecular flexibility index (Phi) is 2.31. The topological polar surface area (TPSA) is 50.7 Å². The molecule has 0 spiro atoms. The van der Waals surface area contributed by atoms with Crippen LogP contribution < -0.4 is 5.69 Å². The number of halogens is 2. The Bertz CT molecular complexity index is 517. The predicted molar refractivity (Wildman–Crippen MR) is 54.2 cm³/mol. The van der Waals surface area contributed by atoms with Crippen LogP contribution >= 0.6 is 23.2 Å². The molecule has 0 saturated carbocycles. The van der Waals surface area contributed by atoms with Crippen molar-refractivity contribution in [1.29, 1.82) is 0 Å². The highest BCUT2D eigenvalue weighted by atomic mass is 35.5. The zero-order chi connectivity index (χ0) is 10.1. The van der Waals surface area contributed by atoms with Crippen molar-refractivity contribution < 1.29 is 0 Å². The van der Waals surface area contributed by atoms with Gasteiger partial charge in [-0.25, -0.2) is 14.5 Å². The van der Waals surface area contributed by atoms with Crippen molar-refractivity contribution in [2.45, 2.75) is 0 Å². The maximum atomic E-state index is 11.2. The third-order valence-electron chi connectivity index (χ3n) is 1.74. The maximum absolute atomic E-state index is 11.2. The average Bonchev–Trinajstić information content (AvgIpc) is 2.57. The first-order valence-corrected chi connectivity index (χ1v) is 4.52. The summed E-state index contributed by atoms with van der Waals surface area (Å²) in [6.45, 7) is 0. The SMILES string of the molecule is O=c1[nH]ncn1-c1cccc(Cl)c1Cl. The van der Waals surface area contributed by atoms with Gasteiger partial charge in [-0.3, -0.25) is 0 Å². The van der Waals surface area contributed by atoms with Crippen molar-refractivity contribution >= 4 is 23.2 Å². The van der Waals surface area contributed by atoms with E-state index in [0.717, 1.165) is 0 Å². The summed E-state index contributed by atoms with van der Waals surface area (Å²) < 4.78 is 1.29. The number of nitrogens with one attached hydrogen (secondary N) is 1. The molecule has 0 aliphatic carbocycles. The molecule has 0 unspecified atom stereocenters. The van der Waals surface area contributed by atoms with Gasteiger partial charge in [-0.1, -0.05) is 29.3 Å². The summed E-state index contributed by atoms with van der Waals surface area (Å²) in [5, 5.41) is 6.59. The zero-order valence-electron chi connectivity index (χ0n) is 6.87. The third kappa shape index (κ3) is 1.42. The normalized spacial score (nSPS) is 10.4. The summed E-state index contributed by atoms with van der Waals surface area (Å²) in [4.78, 5) is 11.2. The van der Waals surface area contributed by atoms with E-state index < -0.39 is 0 Å². The van der Waals surface area contributed by atoms with Gasteiger partial charge < -0.3 is 0 Å². The lowest BCUT2D eigenvalue weighted by Gasteiger charge is -2.03. The lowest BCUT2D eigenvalue weighted by Crippen LogP contribution is -2.14. The molecule has 0 bridgehead atoms. The standard InChI is InChI=1S/C8H5Cl2N3O/c9-5-2-1-3-6(7(5)10)13-4-11-12-8(13)14/h1-4H,(H,12,14). The Morgan fingerprint density at radius 3 is 2.79 bits per heavy atom. The molecule has 1 heterocycles. The molecule has 0 fully saturated rings. The van der Waals surface area contributed by atoms with E-state index in [2.05, 4.69) is 10.2 Å². The molecule has 0 atom stereocenters. The minimum Gasteiger partial charge on any atom is -0.248 e. The van der Waals surface area contributed by atoms with Crippen molar-refractivity contribution in [2.75, 3.05) is 0 Å². The monoisotopic (exact) mass is 229 g/mol. The lowest BCUT2D eigenvalue weighted by molar-refractivity contribution is 0.983. The summed E-state index contributed by atoms with van der Waals surface area (Å²) >= 11 is 11.7. The highest BCUT2D eigenvalue weighted by Gasteiger charge is 2.07. The molecule has 0 saturated heterocycles. The van der Waals surface area contributed by atoms with Crippen molar-refractivity contribution in [1.82, 2.24) is 14.8 Å². The largest absolute Gasteiger partial charge is 0.347 e. The van der Waals surface area contributed by atoms with Gasteiger partial charge in [0.15, 0.2) is 0 Å². The molecule has 1 aromatic carbocycles. The van der Waals surface area contributed by atoms with Gasteiger partial charge in [0, 0.05) is 0 Å². The second kappa shape index (κ2) is 3.48. The molecule has 0 radical (unpaired) electrons. The summed E-state index contributed by atoms with van der Waals surface area (Å²) in [5.74, 6) is 0. The quantitative estimate of drug-likeness (QED) is 0.812. The van der Waals surface area contributed by atoms with Gasteiger partial charge in [0.05, 0.1) is 15.7 Å². The van der Waals surface area contributed by atoms with Gasteiger partial charge in [-0.05, 0) is 12.1 Å². The van der Waals surface area contributed by atoms with Crippen LogP contribution in [0, 0.1) is 0 Å². The number of aromatic amines is 1. The molecule has 4 nitrogen and oxygen atoms in total. The minimum absolute atomic E-state index is 0.331. The van der Waals surface area contributed by atoms with Crippen LogP contribution in [-0.2, 0) is 0 Å². The average molecular weight is 230 g/mol. The fraction of sp³-hybridized carbons (Fsp3) is 0. The van der Waals surface area contributed by atoms with Gasteiger partial charge in [-0.15, -0.1) is 0 Å². The first-order valence-electron chi connectivity index (χ1n) is 3.76. The first-order chi connectivity index (χ1) is 6.70. The van der Waals surface area contributed by atoms with Crippen LogP contribution in [0.15, 0.2) is 29.3 Å². The summed E-state index contributed by atoms with van der Waals surface area (Å²) in [5.41, 5.74) is 0.159. The van der Waals surface area contributed by atoms with Gasteiger partial charge in [0.25, 0.3) is 0 Å². The van der Waals surface area contributed by atoms with E-state index in [4.69, 9.17) is 23.2 Å². The van der Waals surface area contributed by atoms with E-state index in [9.17, 15) is 4.79 Å². The Balaban J connectivity index is 2.69. The molecule has 0 amide bonds. The Hall–Kier alpha value is -1.26. The van der Waals surface area contributed by atoms with Crippen LogP contribution in [0.3, 0.4) is 0 Å². The number of H-pyrrole nitrogens is 1. The predicted octanol–water partition coefficient (Wildman–Crippen LogP) is 1.87. The number of benzene rings is 1. The van der Waals surface area contributed by atoms with Crippen LogP contribution in [0.2, 0.25) is 10.0 Å². The highest BCUT2D eigenvalue weighted by molar-refractivity contribution is 6.43. The fourth-order valence-electron chi connectivity index (χ4n) is 1.10. The van der Waals surface area contributed by atoms with Gasteiger partial charge >= 0.3 is 5.69 Å². The van der Waals surface area contributed by atoms with Crippen LogP contribution in [-0.4, -0.2) is 14.8 Å². The van der Waals surface area contributed by atoms with Crippen LogP contribution in [0.25, 0.3) is 5.69 Å². The minimum atomic E-state index is -0.353. The Morgan fingerprint density at radius 1 is 1.36 bits per heavy atom. The highest BCUT2D eigenvalue weighted by Crippen LogP contribution is 2.27. The van der Waals surface area contributed by atoms with E-state index in [-0.39, 0.29) is 5.69 Å². The molecular formula is C8H5Cl2N3O. The van der Waals surface area contributed by atoms with E-state index in [1.165, 1.54) is 10.9 Å². The van der Waals surface area contributed by atoms with Crippen LogP contribution in [0.1, 0.15) is 0 Å². The lowest BCUT2D eigenvalue weighted by atomic mass is 10.3. The number of rotatable bonds is 1. The fourth-order valence-corrected chi connectivity index (χ4v) is 1.48. The molecule has 0 aliphatic rings. The van der Waals surface area contributed by atoms with Crippen molar-refractivity contribution in [3.8, 4) is 5.69 Å². The number of hydrogen-bond acceptors (Lipinski definition) is 2. The molecule has 6 heteroatoms. The third-order valence-corrected chi connectivity index (χ3v) is 2.55. The first kappa shape index (κ1) is 9.30. The molecule has 14 heavy (non-hydrogen) atoms. The van der Waals surface area contributed by atoms with Crippen LogP contribution in [0.5, 0.6) is 0 Å². The van der Waals surface area contributed by atoms with Gasteiger partial charge in [-0.2, -0.15) is 5.10 Å². The molecular weight excluding hydrogens is 225 g/mol. The van der Waals surface area contributed by atoms with E-state index in [1.54, 1.807) is 18.2 Å². The summed E-state index contributed by atoms with van der Waals surface area (Å²) in [7, 11) is 0. The second-order valence-electron chi connectivity index (χ2n) is 2.60.